The molecule has 0 aromatic heterocycles. The van der Waals surface area contributed by atoms with Crippen LogP contribution in [0.15, 0.2) is 24.3 Å². The zero-order valence-corrected chi connectivity index (χ0v) is 12.4. The molecule has 1 aliphatic rings. The van der Waals surface area contributed by atoms with Gasteiger partial charge in [-0.05, 0) is 44.9 Å². The van der Waals surface area contributed by atoms with Crippen LogP contribution >= 0.6 is 0 Å². The van der Waals surface area contributed by atoms with E-state index < -0.39 is 11.9 Å². The quantitative estimate of drug-likeness (QED) is 0.925. The molecule has 0 radical (unpaired) electrons. The molecule has 1 atom stereocenters. The van der Waals surface area contributed by atoms with E-state index in [9.17, 15) is 9.59 Å². The first-order chi connectivity index (χ1) is 9.97. The first-order valence-corrected chi connectivity index (χ1v) is 7.26. The predicted octanol–water partition coefficient (Wildman–Crippen LogP) is 2.41. The van der Waals surface area contributed by atoms with Crippen molar-refractivity contribution >= 4 is 11.9 Å². The fraction of sp³-hybridized carbons (Fsp3) is 0.500. The minimum absolute atomic E-state index is 0.0433. The summed E-state index contributed by atoms with van der Waals surface area (Å²) in [6.07, 6.45) is 1.40. The number of rotatable bonds is 4. The Morgan fingerprint density at radius 1 is 1.38 bits per heavy atom. The predicted molar refractivity (Wildman–Crippen MR) is 78.5 cm³/mol. The van der Waals surface area contributed by atoms with Crippen LogP contribution < -0.4 is 4.74 Å². The molecule has 0 bridgehead atoms. The number of hydrogen-bond acceptors (Lipinski definition) is 3. The summed E-state index contributed by atoms with van der Waals surface area (Å²) in [6.45, 7) is 4.74. The number of carbonyl (C=O) groups excluding carboxylic acids is 1. The maximum absolute atomic E-state index is 12.5. The molecule has 0 aliphatic carbocycles. The van der Waals surface area contributed by atoms with Crippen molar-refractivity contribution in [3.05, 3.63) is 29.8 Å². The van der Waals surface area contributed by atoms with Crippen LogP contribution in [0.5, 0.6) is 5.75 Å². The molecule has 1 saturated heterocycles. The van der Waals surface area contributed by atoms with Crippen LogP contribution in [-0.2, 0) is 4.79 Å². The Labute approximate surface area is 124 Å². The molecule has 1 amide bonds. The van der Waals surface area contributed by atoms with Crippen LogP contribution in [0.2, 0.25) is 0 Å². The smallest absolute Gasteiger partial charge is 0.308 e. The number of hydrogen-bond donors (Lipinski definition) is 1. The average Bonchev–Trinajstić information content (AvgIpc) is 2.46. The Morgan fingerprint density at radius 2 is 2.14 bits per heavy atom. The summed E-state index contributed by atoms with van der Waals surface area (Å²) in [5, 5.41) is 9.09. The summed E-state index contributed by atoms with van der Waals surface area (Å²) >= 11 is 0. The molecule has 0 spiro atoms. The fourth-order valence-electron chi connectivity index (χ4n) is 2.52. The number of carboxylic acid groups (broad SMARTS) is 1. The lowest BCUT2D eigenvalue weighted by Gasteiger charge is -2.30. The van der Waals surface area contributed by atoms with Gasteiger partial charge in [0.15, 0.2) is 0 Å². The molecule has 1 fully saturated rings. The molecular formula is C16H21NO4. The molecule has 1 heterocycles. The second kappa shape index (κ2) is 6.61. The van der Waals surface area contributed by atoms with E-state index >= 15 is 0 Å². The van der Waals surface area contributed by atoms with E-state index in [2.05, 4.69) is 0 Å². The topological polar surface area (TPSA) is 66.8 Å². The van der Waals surface area contributed by atoms with Crippen molar-refractivity contribution in [3.63, 3.8) is 0 Å². The van der Waals surface area contributed by atoms with Crippen LogP contribution in [0, 0.1) is 5.92 Å². The highest BCUT2D eigenvalue weighted by Gasteiger charge is 2.28. The second-order valence-corrected chi connectivity index (χ2v) is 5.62. The third kappa shape index (κ3) is 3.97. The Balaban J connectivity index is 2.10. The van der Waals surface area contributed by atoms with Gasteiger partial charge in [0, 0.05) is 18.7 Å². The van der Waals surface area contributed by atoms with Crippen molar-refractivity contribution in [2.45, 2.75) is 32.8 Å². The largest absolute Gasteiger partial charge is 0.491 e. The number of carboxylic acids is 1. The van der Waals surface area contributed by atoms with Gasteiger partial charge in [0.05, 0.1) is 12.0 Å². The van der Waals surface area contributed by atoms with E-state index in [1.54, 1.807) is 23.1 Å². The lowest BCUT2D eigenvalue weighted by atomic mass is 9.97. The third-order valence-corrected chi connectivity index (χ3v) is 3.51. The molecule has 2 rings (SSSR count). The van der Waals surface area contributed by atoms with Gasteiger partial charge in [0.25, 0.3) is 5.91 Å². The second-order valence-electron chi connectivity index (χ2n) is 5.62. The number of nitrogens with zero attached hydrogens (tertiary/aromatic N) is 1. The highest BCUT2D eigenvalue weighted by Crippen LogP contribution is 2.21. The lowest BCUT2D eigenvalue weighted by Crippen LogP contribution is -2.42. The molecule has 0 unspecified atom stereocenters. The van der Waals surface area contributed by atoms with Gasteiger partial charge in [-0.15, -0.1) is 0 Å². The molecule has 1 aliphatic heterocycles. The zero-order valence-electron chi connectivity index (χ0n) is 12.4. The van der Waals surface area contributed by atoms with Crippen molar-refractivity contribution in [1.29, 1.82) is 0 Å². The molecule has 1 N–H and O–H groups in total. The third-order valence-electron chi connectivity index (χ3n) is 3.51. The van der Waals surface area contributed by atoms with E-state index in [1.165, 1.54) is 0 Å². The van der Waals surface area contributed by atoms with Crippen molar-refractivity contribution < 1.29 is 19.4 Å². The Hall–Kier alpha value is -2.04. The summed E-state index contributed by atoms with van der Waals surface area (Å²) in [7, 11) is 0. The lowest BCUT2D eigenvalue weighted by molar-refractivity contribution is -0.143. The molecule has 0 saturated carbocycles. The fourth-order valence-corrected chi connectivity index (χ4v) is 2.52. The van der Waals surface area contributed by atoms with Crippen LogP contribution in [-0.4, -0.2) is 41.1 Å². The van der Waals surface area contributed by atoms with Crippen molar-refractivity contribution in [1.82, 2.24) is 4.90 Å². The van der Waals surface area contributed by atoms with Gasteiger partial charge in [-0.1, -0.05) is 6.07 Å². The van der Waals surface area contributed by atoms with Gasteiger partial charge < -0.3 is 14.7 Å². The van der Waals surface area contributed by atoms with Gasteiger partial charge in [0.1, 0.15) is 5.75 Å². The van der Waals surface area contributed by atoms with Crippen LogP contribution in [0.1, 0.15) is 37.0 Å². The summed E-state index contributed by atoms with van der Waals surface area (Å²) < 4.78 is 5.59. The Kier molecular flexibility index (Phi) is 4.83. The number of piperidine rings is 1. The Bertz CT molecular complexity index is 527. The van der Waals surface area contributed by atoms with E-state index in [1.807, 2.05) is 19.9 Å². The standard InChI is InChI=1S/C16H21NO4/c1-11(2)21-14-7-3-5-12(9-14)15(18)17-8-4-6-13(10-17)16(19)20/h3,5,7,9,11,13H,4,6,8,10H2,1-2H3,(H,19,20)/t13-/m1/s1. The molecule has 5 nitrogen and oxygen atoms in total. The molecule has 5 heteroatoms. The molecule has 1 aromatic rings. The molecule has 1 aromatic carbocycles. The normalized spacial score (nSPS) is 18.6. The van der Waals surface area contributed by atoms with Crippen molar-refractivity contribution in [3.8, 4) is 5.75 Å². The number of benzene rings is 1. The minimum atomic E-state index is -0.829. The van der Waals surface area contributed by atoms with Gasteiger partial charge >= 0.3 is 5.97 Å². The van der Waals surface area contributed by atoms with E-state index in [4.69, 9.17) is 9.84 Å². The monoisotopic (exact) mass is 291 g/mol. The van der Waals surface area contributed by atoms with Crippen LogP contribution in [0.4, 0.5) is 0 Å². The first kappa shape index (κ1) is 15.4. The number of likely N-dealkylation sites (tertiary alicyclic amines) is 1. The van der Waals surface area contributed by atoms with Crippen molar-refractivity contribution in [2.75, 3.05) is 13.1 Å². The van der Waals surface area contributed by atoms with Crippen LogP contribution in [0.3, 0.4) is 0 Å². The maximum Gasteiger partial charge on any atom is 0.308 e. The van der Waals surface area contributed by atoms with Crippen LogP contribution in [0.25, 0.3) is 0 Å². The summed E-state index contributed by atoms with van der Waals surface area (Å²) in [5.74, 6) is -0.764. The molecular weight excluding hydrogens is 270 g/mol. The van der Waals surface area contributed by atoms with E-state index in [0.29, 0.717) is 24.3 Å². The van der Waals surface area contributed by atoms with E-state index in [-0.39, 0.29) is 18.6 Å². The SMILES string of the molecule is CC(C)Oc1cccc(C(=O)N2CCC[C@@H](C(=O)O)C2)c1. The average molecular weight is 291 g/mol. The number of carbonyl (C=O) groups is 2. The molecule has 21 heavy (non-hydrogen) atoms. The van der Waals surface area contributed by atoms with E-state index in [0.717, 1.165) is 6.42 Å². The van der Waals surface area contributed by atoms with Gasteiger partial charge in [0.2, 0.25) is 0 Å². The molecule has 114 valence electrons. The van der Waals surface area contributed by atoms with Gasteiger partial charge in [-0.2, -0.15) is 0 Å². The van der Waals surface area contributed by atoms with Gasteiger partial charge in [-0.3, -0.25) is 9.59 Å². The highest BCUT2D eigenvalue weighted by atomic mass is 16.5. The number of ether oxygens (including phenoxy) is 1. The highest BCUT2D eigenvalue weighted by molar-refractivity contribution is 5.95. The summed E-state index contributed by atoms with van der Waals surface area (Å²) in [6, 6.07) is 7.04. The van der Waals surface area contributed by atoms with Crippen molar-refractivity contribution in [2.24, 2.45) is 5.92 Å². The van der Waals surface area contributed by atoms with Gasteiger partial charge in [-0.25, -0.2) is 0 Å². The number of aliphatic carboxylic acids is 1. The Morgan fingerprint density at radius 3 is 2.81 bits per heavy atom. The summed E-state index contributed by atoms with van der Waals surface area (Å²) in [4.78, 5) is 25.2. The number of amides is 1. The first-order valence-electron chi connectivity index (χ1n) is 7.26. The maximum atomic E-state index is 12.5. The zero-order chi connectivity index (χ0) is 15.4. The summed E-state index contributed by atoms with van der Waals surface area (Å²) in [5.41, 5.74) is 0.541. The minimum Gasteiger partial charge on any atom is -0.491 e.